The normalized spacial score (nSPS) is 14.2. The lowest BCUT2D eigenvalue weighted by atomic mass is 10.1. The summed E-state index contributed by atoms with van der Waals surface area (Å²) in [6, 6.07) is 7.70. The molecule has 0 spiro atoms. The van der Waals surface area contributed by atoms with E-state index in [0.717, 1.165) is 5.56 Å². The summed E-state index contributed by atoms with van der Waals surface area (Å²) in [5.74, 6) is 1.21. The molecular weight excluding hydrogens is 284 g/mol. The molecule has 0 fully saturated rings. The number of likely N-dealkylation sites (N-methyl/N-ethyl adjacent to an activating group) is 1. The Kier molecular flexibility index (Phi) is 7.08. The summed E-state index contributed by atoms with van der Waals surface area (Å²) < 4.78 is 5.61. The Hall–Kier alpha value is -1.17. The van der Waals surface area contributed by atoms with Crippen molar-refractivity contribution in [1.82, 2.24) is 4.90 Å². The van der Waals surface area contributed by atoms with Crippen LogP contribution in [0.5, 0.6) is 5.75 Å². The van der Waals surface area contributed by atoms with E-state index < -0.39 is 6.10 Å². The number of ether oxygens (including phenoxy) is 1. The molecule has 1 aromatic carbocycles. The monoisotopic (exact) mass is 310 g/mol. The molecule has 0 radical (unpaired) electrons. The molecule has 0 aromatic heterocycles. The van der Waals surface area contributed by atoms with Crippen molar-refractivity contribution in [1.29, 1.82) is 0 Å². The van der Waals surface area contributed by atoms with Crippen LogP contribution in [0, 0.1) is 5.92 Å². The molecule has 0 aliphatic rings. The maximum Gasteiger partial charge on any atom is 0.120 e. The van der Waals surface area contributed by atoms with Crippen molar-refractivity contribution in [2.75, 3.05) is 20.2 Å². The van der Waals surface area contributed by atoms with Crippen LogP contribution in [0.3, 0.4) is 0 Å². The number of hydrogen-bond donors (Lipinski definition) is 2. The van der Waals surface area contributed by atoms with Gasteiger partial charge in [0.2, 0.25) is 0 Å². The number of thiocarbonyl (C=S) groups is 1. The zero-order valence-corrected chi connectivity index (χ0v) is 14.1. The fourth-order valence-corrected chi connectivity index (χ4v) is 2.12. The molecule has 1 aromatic rings. The lowest BCUT2D eigenvalue weighted by molar-refractivity contribution is 0.0583. The summed E-state index contributed by atoms with van der Waals surface area (Å²) in [4.78, 5) is 2.48. The molecule has 1 rings (SSSR count). The first-order chi connectivity index (χ1) is 9.81. The van der Waals surface area contributed by atoms with E-state index in [-0.39, 0.29) is 6.61 Å². The van der Waals surface area contributed by atoms with Gasteiger partial charge in [-0.2, -0.15) is 0 Å². The maximum atomic E-state index is 10.1. The topological polar surface area (TPSA) is 58.7 Å². The van der Waals surface area contributed by atoms with Crippen LogP contribution >= 0.6 is 12.2 Å². The second-order valence-electron chi connectivity index (χ2n) is 5.78. The van der Waals surface area contributed by atoms with Gasteiger partial charge in [0.25, 0.3) is 0 Å². The SMILES string of the molecule is CC(C)C(C)N(C)CC(O)COc1cccc(C(N)=S)c1. The maximum absolute atomic E-state index is 10.1. The summed E-state index contributed by atoms with van der Waals surface area (Å²) in [6.45, 7) is 7.32. The second-order valence-corrected chi connectivity index (χ2v) is 6.22. The summed E-state index contributed by atoms with van der Waals surface area (Å²) >= 11 is 4.93. The van der Waals surface area contributed by atoms with Crippen molar-refractivity contribution < 1.29 is 9.84 Å². The minimum Gasteiger partial charge on any atom is -0.491 e. The average Bonchev–Trinajstić information content (AvgIpc) is 2.44. The van der Waals surface area contributed by atoms with Crippen molar-refractivity contribution in [3.05, 3.63) is 29.8 Å². The fourth-order valence-electron chi connectivity index (χ4n) is 1.99. The van der Waals surface area contributed by atoms with Crippen LogP contribution in [0.15, 0.2) is 24.3 Å². The van der Waals surface area contributed by atoms with E-state index in [9.17, 15) is 5.11 Å². The first-order valence-electron chi connectivity index (χ1n) is 7.22. The number of nitrogens with two attached hydrogens (primary N) is 1. The van der Waals surface area contributed by atoms with Gasteiger partial charge in [-0.05, 0) is 32.0 Å². The van der Waals surface area contributed by atoms with Gasteiger partial charge in [0, 0.05) is 18.2 Å². The van der Waals surface area contributed by atoms with Gasteiger partial charge >= 0.3 is 0 Å². The van der Waals surface area contributed by atoms with Crippen molar-refractivity contribution in [2.45, 2.75) is 32.9 Å². The Bertz CT molecular complexity index is 465. The Morgan fingerprint density at radius 1 is 1.38 bits per heavy atom. The highest BCUT2D eigenvalue weighted by Gasteiger charge is 2.16. The molecule has 0 amide bonds. The minimum absolute atomic E-state index is 0.246. The first kappa shape index (κ1) is 17.9. The Labute approximate surface area is 132 Å². The van der Waals surface area contributed by atoms with Gasteiger partial charge in [0.1, 0.15) is 23.4 Å². The number of aliphatic hydroxyl groups excluding tert-OH is 1. The van der Waals surface area contributed by atoms with E-state index in [4.69, 9.17) is 22.7 Å². The molecule has 3 N–H and O–H groups in total. The van der Waals surface area contributed by atoms with Crippen LogP contribution in [0.1, 0.15) is 26.3 Å². The average molecular weight is 310 g/mol. The number of hydrogen-bond acceptors (Lipinski definition) is 4. The Morgan fingerprint density at radius 3 is 2.62 bits per heavy atom. The first-order valence-corrected chi connectivity index (χ1v) is 7.63. The molecule has 5 heteroatoms. The Balaban J connectivity index is 2.48. The molecule has 21 heavy (non-hydrogen) atoms. The van der Waals surface area contributed by atoms with E-state index in [0.29, 0.717) is 29.2 Å². The van der Waals surface area contributed by atoms with Gasteiger partial charge < -0.3 is 20.5 Å². The third kappa shape index (κ3) is 5.99. The van der Waals surface area contributed by atoms with Crippen molar-refractivity contribution in [2.24, 2.45) is 11.7 Å². The van der Waals surface area contributed by atoms with E-state index in [1.807, 2.05) is 25.2 Å². The van der Waals surface area contributed by atoms with Crippen molar-refractivity contribution in [3.8, 4) is 5.75 Å². The zero-order valence-electron chi connectivity index (χ0n) is 13.2. The molecule has 0 saturated heterocycles. The zero-order chi connectivity index (χ0) is 16.0. The van der Waals surface area contributed by atoms with E-state index in [1.54, 1.807) is 6.07 Å². The van der Waals surface area contributed by atoms with Crippen LogP contribution in [0.2, 0.25) is 0 Å². The third-order valence-corrected chi connectivity index (χ3v) is 3.96. The fraction of sp³-hybridized carbons (Fsp3) is 0.562. The summed E-state index contributed by atoms with van der Waals surface area (Å²) in [5, 5.41) is 10.1. The van der Waals surface area contributed by atoms with Gasteiger partial charge in [-0.1, -0.05) is 38.2 Å². The van der Waals surface area contributed by atoms with Crippen LogP contribution in [0.25, 0.3) is 0 Å². The van der Waals surface area contributed by atoms with Crippen molar-refractivity contribution >= 4 is 17.2 Å². The standard InChI is InChI=1S/C16H26N2O2S/c1-11(2)12(3)18(4)9-14(19)10-20-15-7-5-6-13(8-15)16(17)21/h5-8,11-12,14,19H,9-10H2,1-4H3,(H2,17,21). The van der Waals surface area contributed by atoms with Gasteiger partial charge in [-0.3, -0.25) is 0 Å². The van der Waals surface area contributed by atoms with E-state index in [1.165, 1.54) is 0 Å². The number of benzene rings is 1. The summed E-state index contributed by atoms with van der Waals surface area (Å²) in [6.07, 6.45) is -0.537. The molecule has 0 aliphatic carbocycles. The van der Waals surface area contributed by atoms with Gasteiger partial charge in [-0.15, -0.1) is 0 Å². The smallest absolute Gasteiger partial charge is 0.120 e. The minimum atomic E-state index is -0.537. The lowest BCUT2D eigenvalue weighted by Gasteiger charge is -2.29. The van der Waals surface area contributed by atoms with Crippen LogP contribution in [-0.4, -0.2) is 47.3 Å². The quantitative estimate of drug-likeness (QED) is 0.720. The molecule has 118 valence electrons. The van der Waals surface area contributed by atoms with Gasteiger partial charge in [0.05, 0.1) is 0 Å². The number of rotatable bonds is 8. The summed E-state index contributed by atoms with van der Waals surface area (Å²) in [7, 11) is 2.02. The van der Waals surface area contributed by atoms with E-state index >= 15 is 0 Å². The van der Waals surface area contributed by atoms with Crippen LogP contribution < -0.4 is 10.5 Å². The molecule has 2 atom stereocenters. The second kappa shape index (κ2) is 8.32. The Morgan fingerprint density at radius 2 is 2.05 bits per heavy atom. The van der Waals surface area contributed by atoms with Crippen molar-refractivity contribution in [3.63, 3.8) is 0 Å². The molecule has 4 nitrogen and oxygen atoms in total. The molecule has 0 aliphatic heterocycles. The largest absolute Gasteiger partial charge is 0.491 e. The molecule has 0 bridgehead atoms. The molecular formula is C16H26N2O2S. The predicted octanol–water partition coefficient (Wildman–Crippen LogP) is 2.04. The predicted molar refractivity (Wildman–Crippen MR) is 90.8 cm³/mol. The molecule has 0 heterocycles. The summed E-state index contributed by atoms with van der Waals surface area (Å²) in [5.41, 5.74) is 6.35. The van der Waals surface area contributed by atoms with Crippen LogP contribution in [0.4, 0.5) is 0 Å². The lowest BCUT2D eigenvalue weighted by Crippen LogP contribution is -2.40. The van der Waals surface area contributed by atoms with Gasteiger partial charge in [-0.25, -0.2) is 0 Å². The highest BCUT2D eigenvalue weighted by Crippen LogP contribution is 2.14. The van der Waals surface area contributed by atoms with E-state index in [2.05, 4.69) is 25.7 Å². The van der Waals surface area contributed by atoms with Gasteiger partial charge in [0.15, 0.2) is 0 Å². The number of nitrogens with zero attached hydrogens (tertiary/aromatic N) is 1. The highest BCUT2D eigenvalue weighted by atomic mass is 32.1. The van der Waals surface area contributed by atoms with Crippen LogP contribution in [-0.2, 0) is 0 Å². The molecule has 2 unspecified atom stereocenters. The third-order valence-electron chi connectivity index (χ3n) is 3.72. The number of aliphatic hydroxyl groups is 1. The highest BCUT2D eigenvalue weighted by molar-refractivity contribution is 7.80. The molecule has 0 saturated carbocycles.